The van der Waals surface area contributed by atoms with Crippen molar-refractivity contribution < 1.29 is 13.9 Å². The van der Waals surface area contributed by atoms with Crippen LogP contribution in [0.3, 0.4) is 0 Å². The highest BCUT2D eigenvalue weighted by Gasteiger charge is 2.34. The van der Waals surface area contributed by atoms with Crippen molar-refractivity contribution >= 4 is 11.6 Å². The Morgan fingerprint density at radius 1 is 1.56 bits per heavy atom. The molecule has 2 nitrogen and oxygen atoms in total. The Bertz CT molecular complexity index is 411. The predicted octanol–water partition coefficient (Wildman–Crippen LogP) is 3.93. The molecule has 0 aromatic heterocycles. The van der Waals surface area contributed by atoms with Crippen LogP contribution < -0.4 is 4.74 Å². The fourth-order valence-corrected chi connectivity index (χ4v) is 2.97. The van der Waals surface area contributed by atoms with Gasteiger partial charge in [0, 0.05) is 24.2 Å². The minimum Gasteiger partial charge on any atom is -0.497 e. The Morgan fingerprint density at radius 3 is 2.94 bits per heavy atom. The van der Waals surface area contributed by atoms with Crippen molar-refractivity contribution in [1.29, 1.82) is 0 Å². The quantitative estimate of drug-likeness (QED) is 0.773. The van der Waals surface area contributed by atoms with E-state index in [1.807, 2.05) is 0 Å². The number of hydrogen-bond acceptors (Lipinski definition) is 2. The van der Waals surface area contributed by atoms with Crippen molar-refractivity contribution in [3.63, 3.8) is 0 Å². The van der Waals surface area contributed by atoms with Crippen molar-refractivity contribution in [2.75, 3.05) is 13.7 Å². The first-order valence-corrected chi connectivity index (χ1v) is 6.70. The number of hydrogen-bond donors (Lipinski definition) is 0. The van der Waals surface area contributed by atoms with E-state index in [4.69, 9.17) is 21.1 Å². The molecule has 1 aromatic rings. The number of rotatable bonds is 4. The first kappa shape index (κ1) is 13.6. The van der Waals surface area contributed by atoms with Crippen LogP contribution >= 0.6 is 11.6 Å². The molecule has 0 amide bonds. The number of ether oxygens (including phenoxy) is 2. The van der Waals surface area contributed by atoms with E-state index in [1.165, 1.54) is 13.2 Å². The van der Waals surface area contributed by atoms with E-state index in [0.29, 0.717) is 17.9 Å². The third-order valence-electron chi connectivity index (χ3n) is 3.54. The lowest BCUT2D eigenvalue weighted by atomic mass is 9.91. The second kappa shape index (κ2) is 5.89. The van der Waals surface area contributed by atoms with Gasteiger partial charge in [0.1, 0.15) is 11.6 Å². The maximum absolute atomic E-state index is 14.0. The van der Waals surface area contributed by atoms with E-state index >= 15 is 0 Å². The van der Waals surface area contributed by atoms with E-state index in [-0.39, 0.29) is 23.2 Å². The topological polar surface area (TPSA) is 18.5 Å². The third kappa shape index (κ3) is 2.62. The summed E-state index contributed by atoms with van der Waals surface area (Å²) in [6.07, 6.45) is 1.93. The molecule has 3 atom stereocenters. The van der Waals surface area contributed by atoms with Gasteiger partial charge in [-0.1, -0.05) is 13.0 Å². The second-order valence-electron chi connectivity index (χ2n) is 4.56. The van der Waals surface area contributed by atoms with Crippen molar-refractivity contribution in [3.05, 3.63) is 29.6 Å². The summed E-state index contributed by atoms with van der Waals surface area (Å²) in [5, 5.41) is -0.344. The third-order valence-corrected chi connectivity index (χ3v) is 4.10. The number of benzene rings is 1. The molecule has 2 rings (SSSR count). The summed E-state index contributed by atoms with van der Waals surface area (Å²) in [6.45, 7) is 2.78. The van der Waals surface area contributed by atoms with Crippen LogP contribution in [0.2, 0.25) is 0 Å². The summed E-state index contributed by atoms with van der Waals surface area (Å²) in [4.78, 5) is 0. The number of methoxy groups -OCH3 is 1. The van der Waals surface area contributed by atoms with E-state index in [9.17, 15) is 4.39 Å². The molecule has 0 aliphatic carbocycles. The Balaban J connectivity index is 2.20. The highest BCUT2D eigenvalue weighted by molar-refractivity contribution is 6.21. The molecule has 1 aliphatic heterocycles. The lowest BCUT2D eigenvalue weighted by Crippen LogP contribution is -2.19. The monoisotopic (exact) mass is 272 g/mol. The van der Waals surface area contributed by atoms with E-state index in [2.05, 4.69) is 6.92 Å². The van der Waals surface area contributed by atoms with Gasteiger partial charge in [-0.25, -0.2) is 4.39 Å². The molecule has 1 fully saturated rings. The van der Waals surface area contributed by atoms with E-state index in [0.717, 1.165) is 12.8 Å². The standard InChI is InChI=1S/C14H18ClFO2/c1-3-13-11(6-7-18-13)14(15)10-5-4-9(17-2)8-12(10)16/h4-5,8,11,13-14H,3,6-7H2,1-2H3. The SMILES string of the molecule is CCC1OCCC1C(Cl)c1ccc(OC)cc1F. The van der Waals surface area contributed by atoms with Gasteiger partial charge in [-0.2, -0.15) is 0 Å². The molecule has 0 N–H and O–H groups in total. The second-order valence-corrected chi connectivity index (χ2v) is 5.03. The maximum atomic E-state index is 14.0. The summed E-state index contributed by atoms with van der Waals surface area (Å²) < 4.78 is 24.6. The molecule has 0 saturated carbocycles. The fourth-order valence-electron chi connectivity index (χ4n) is 2.51. The normalized spacial score (nSPS) is 25.1. The molecule has 0 spiro atoms. The summed E-state index contributed by atoms with van der Waals surface area (Å²) >= 11 is 6.43. The van der Waals surface area contributed by atoms with Crippen LogP contribution in [0.4, 0.5) is 4.39 Å². The lowest BCUT2D eigenvalue weighted by Gasteiger charge is -2.22. The van der Waals surface area contributed by atoms with E-state index in [1.54, 1.807) is 12.1 Å². The van der Waals surface area contributed by atoms with Gasteiger partial charge in [-0.05, 0) is 18.9 Å². The van der Waals surface area contributed by atoms with Gasteiger partial charge < -0.3 is 9.47 Å². The number of halogens is 2. The minimum atomic E-state index is -0.344. The Morgan fingerprint density at radius 2 is 2.33 bits per heavy atom. The summed E-state index contributed by atoms with van der Waals surface area (Å²) in [5.41, 5.74) is 0.534. The van der Waals surface area contributed by atoms with Gasteiger partial charge in [-0.3, -0.25) is 0 Å². The molecule has 3 unspecified atom stereocenters. The van der Waals surface area contributed by atoms with Gasteiger partial charge in [0.2, 0.25) is 0 Å². The van der Waals surface area contributed by atoms with Gasteiger partial charge >= 0.3 is 0 Å². The van der Waals surface area contributed by atoms with Crippen LogP contribution in [0, 0.1) is 11.7 Å². The molecule has 0 radical (unpaired) electrons. The fraction of sp³-hybridized carbons (Fsp3) is 0.571. The summed E-state index contributed by atoms with van der Waals surface area (Å²) in [5.74, 6) is 0.380. The maximum Gasteiger partial charge on any atom is 0.131 e. The lowest BCUT2D eigenvalue weighted by molar-refractivity contribution is 0.0862. The Labute approximate surface area is 112 Å². The van der Waals surface area contributed by atoms with Crippen molar-refractivity contribution in [1.82, 2.24) is 0 Å². The zero-order valence-corrected chi connectivity index (χ0v) is 11.4. The molecule has 100 valence electrons. The van der Waals surface area contributed by atoms with Gasteiger partial charge in [0.25, 0.3) is 0 Å². The minimum absolute atomic E-state index is 0.133. The summed E-state index contributed by atoms with van der Waals surface area (Å²) in [7, 11) is 1.52. The predicted molar refractivity (Wildman–Crippen MR) is 69.7 cm³/mol. The smallest absolute Gasteiger partial charge is 0.131 e. The highest BCUT2D eigenvalue weighted by Crippen LogP contribution is 2.40. The largest absolute Gasteiger partial charge is 0.497 e. The number of alkyl halides is 1. The molecular weight excluding hydrogens is 255 g/mol. The first-order chi connectivity index (χ1) is 8.67. The molecule has 1 aliphatic rings. The van der Waals surface area contributed by atoms with Gasteiger partial charge in [0.05, 0.1) is 18.6 Å². The highest BCUT2D eigenvalue weighted by atomic mass is 35.5. The van der Waals surface area contributed by atoms with Crippen LogP contribution in [-0.2, 0) is 4.74 Å². The van der Waals surface area contributed by atoms with Gasteiger partial charge in [-0.15, -0.1) is 11.6 Å². The molecule has 0 bridgehead atoms. The zero-order valence-electron chi connectivity index (χ0n) is 10.7. The van der Waals surface area contributed by atoms with E-state index < -0.39 is 0 Å². The average Bonchev–Trinajstić information content (AvgIpc) is 2.86. The van der Waals surface area contributed by atoms with Gasteiger partial charge in [0.15, 0.2) is 0 Å². The molecule has 1 aromatic carbocycles. The van der Waals surface area contributed by atoms with Crippen molar-refractivity contribution in [2.45, 2.75) is 31.2 Å². The summed E-state index contributed by atoms with van der Waals surface area (Å²) in [6, 6.07) is 4.82. The Hall–Kier alpha value is -0.800. The van der Waals surface area contributed by atoms with Crippen LogP contribution in [0.1, 0.15) is 30.7 Å². The molecule has 1 heterocycles. The van der Waals surface area contributed by atoms with Crippen LogP contribution in [0.5, 0.6) is 5.75 Å². The average molecular weight is 273 g/mol. The van der Waals surface area contributed by atoms with Crippen LogP contribution in [0.25, 0.3) is 0 Å². The van der Waals surface area contributed by atoms with Crippen LogP contribution in [-0.4, -0.2) is 19.8 Å². The molecule has 4 heteroatoms. The van der Waals surface area contributed by atoms with Crippen molar-refractivity contribution in [2.24, 2.45) is 5.92 Å². The molecular formula is C14H18ClFO2. The molecule has 18 heavy (non-hydrogen) atoms. The van der Waals surface area contributed by atoms with Crippen molar-refractivity contribution in [3.8, 4) is 5.75 Å². The molecule has 1 saturated heterocycles. The van der Waals surface area contributed by atoms with Crippen LogP contribution in [0.15, 0.2) is 18.2 Å². The first-order valence-electron chi connectivity index (χ1n) is 6.26. The zero-order chi connectivity index (χ0) is 13.1. The Kier molecular flexibility index (Phi) is 4.46.